The Balaban J connectivity index is 1.69. The van der Waals surface area contributed by atoms with Gasteiger partial charge in [0, 0.05) is 23.9 Å². The number of hydrogen-bond acceptors (Lipinski definition) is 4. The summed E-state index contributed by atoms with van der Waals surface area (Å²) in [6, 6.07) is 15.8. The minimum atomic E-state index is 0.529. The van der Waals surface area contributed by atoms with Gasteiger partial charge in [0.25, 0.3) is 0 Å². The van der Waals surface area contributed by atoms with Crippen molar-refractivity contribution in [2.75, 3.05) is 13.6 Å². The minimum Gasteiger partial charge on any atom is -0.489 e. The molecule has 0 atom stereocenters. The van der Waals surface area contributed by atoms with Crippen molar-refractivity contribution in [2.24, 2.45) is 0 Å². The van der Waals surface area contributed by atoms with Crippen molar-refractivity contribution < 1.29 is 4.74 Å². The SMILES string of the molecule is CNCCc1nc(-c2ccc(OCc3ccccc3)cc2Cl)cs1. The maximum Gasteiger partial charge on any atom is 0.121 e. The molecule has 0 aliphatic carbocycles. The van der Waals surface area contributed by atoms with Crippen molar-refractivity contribution in [2.45, 2.75) is 13.0 Å². The van der Waals surface area contributed by atoms with Gasteiger partial charge < -0.3 is 10.1 Å². The first kappa shape index (κ1) is 17.0. The van der Waals surface area contributed by atoms with Crippen LogP contribution in [0.1, 0.15) is 10.6 Å². The Morgan fingerprint density at radius 1 is 1.17 bits per heavy atom. The van der Waals surface area contributed by atoms with Gasteiger partial charge in [0.05, 0.1) is 15.7 Å². The van der Waals surface area contributed by atoms with E-state index in [1.54, 1.807) is 11.3 Å². The standard InChI is InChI=1S/C19H19ClN2OS/c1-21-10-9-19-22-18(13-24-19)16-8-7-15(11-17(16)20)23-12-14-5-3-2-4-6-14/h2-8,11,13,21H,9-10,12H2,1H3. The van der Waals surface area contributed by atoms with Crippen LogP contribution in [0.5, 0.6) is 5.75 Å². The van der Waals surface area contributed by atoms with E-state index in [1.165, 1.54) is 0 Å². The van der Waals surface area contributed by atoms with Crippen LogP contribution >= 0.6 is 22.9 Å². The summed E-state index contributed by atoms with van der Waals surface area (Å²) in [7, 11) is 1.94. The number of halogens is 1. The molecular weight excluding hydrogens is 340 g/mol. The van der Waals surface area contributed by atoms with Crippen LogP contribution in [0.25, 0.3) is 11.3 Å². The van der Waals surface area contributed by atoms with E-state index in [-0.39, 0.29) is 0 Å². The summed E-state index contributed by atoms with van der Waals surface area (Å²) in [6.07, 6.45) is 0.928. The number of ether oxygens (including phenoxy) is 1. The topological polar surface area (TPSA) is 34.2 Å². The second kappa shape index (κ2) is 8.29. The molecule has 2 aromatic carbocycles. The monoisotopic (exact) mass is 358 g/mol. The highest BCUT2D eigenvalue weighted by atomic mass is 35.5. The van der Waals surface area contributed by atoms with Gasteiger partial charge in [-0.1, -0.05) is 41.9 Å². The number of aromatic nitrogens is 1. The van der Waals surface area contributed by atoms with E-state index in [4.69, 9.17) is 16.3 Å². The number of benzene rings is 2. The van der Waals surface area contributed by atoms with Crippen LogP contribution in [-0.4, -0.2) is 18.6 Å². The zero-order chi connectivity index (χ0) is 16.8. The first-order chi connectivity index (χ1) is 11.8. The lowest BCUT2D eigenvalue weighted by molar-refractivity contribution is 0.306. The summed E-state index contributed by atoms with van der Waals surface area (Å²) in [4.78, 5) is 4.66. The summed E-state index contributed by atoms with van der Waals surface area (Å²) >= 11 is 8.10. The zero-order valence-corrected chi connectivity index (χ0v) is 15.0. The number of thiazole rings is 1. The first-order valence-electron chi connectivity index (χ1n) is 7.82. The number of nitrogens with one attached hydrogen (secondary N) is 1. The molecule has 0 bridgehead atoms. The smallest absolute Gasteiger partial charge is 0.121 e. The summed E-state index contributed by atoms with van der Waals surface area (Å²) in [6.45, 7) is 1.45. The zero-order valence-electron chi connectivity index (χ0n) is 13.5. The van der Waals surface area contributed by atoms with Gasteiger partial charge in [-0.2, -0.15) is 0 Å². The summed E-state index contributed by atoms with van der Waals surface area (Å²) in [5.41, 5.74) is 2.99. The van der Waals surface area contributed by atoms with E-state index in [0.717, 1.165) is 40.5 Å². The van der Waals surface area contributed by atoms with E-state index >= 15 is 0 Å². The van der Waals surface area contributed by atoms with Gasteiger partial charge in [-0.25, -0.2) is 4.98 Å². The average Bonchev–Trinajstić information content (AvgIpc) is 3.08. The third kappa shape index (κ3) is 4.35. The number of likely N-dealkylation sites (N-methyl/N-ethyl adjacent to an activating group) is 1. The van der Waals surface area contributed by atoms with Crippen molar-refractivity contribution in [1.82, 2.24) is 10.3 Å². The average molecular weight is 359 g/mol. The first-order valence-corrected chi connectivity index (χ1v) is 9.07. The van der Waals surface area contributed by atoms with Crippen LogP contribution in [-0.2, 0) is 13.0 Å². The molecule has 0 radical (unpaired) electrons. The fourth-order valence-corrected chi connectivity index (χ4v) is 3.38. The Labute approximate surface area is 151 Å². The Hall–Kier alpha value is -1.88. The molecule has 0 saturated carbocycles. The molecule has 0 unspecified atom stereocenters. The molecule has 0 fully saturated rings. The van der Waals surface area contributed by atoms with E-state index in [0.29, 0.717) is 11.6 Å². The van der Waals surface area contributed by atoms with Crippen LogP contribution in [0.4, 0.5) is 0 Å². The lowest BCUT2D eigenvalue weighted by Crippen LogP contribution is -2.09. The molecule has 5 heteroatoms. The molecule has 0 aliphatic heterocycles. The lowest BCUT2D eigenvalue weighted by Gasteiger charge is -2.08. The van der Waals surface area contributed by atoms with E-state index in [1.807, 2.05) is 55.6 Å². The van der Waals surface area contributed by atoms with Crippen molar-refractivity contribution in [3.63, 3.8) is 0 Å². The summed E-state index contributed by atoms with van der Waals surface area (Å²) < 4.78 is 5.81. The Kier molecular flexibility index (Phi) is 5.86. The normalized spacial score (nSPS) is 10.8. The largest absolute Gasteiger partial charge is 0.489 e. The second-order valence-electron chi connectivity index (χ2n) is 5.40. The fourth-order valence-electron chi connectivity index (χ4n) is 2.32. The van der Waals surface area contributed by atoms with Gasteiger partial charge in [0.15, 0.2) is 0 Å². The Morgan fingerprint density at radius 2 is 2.00 bits per heavy atom. The van der Waals surface area contributed by atoms with Gasteiger partial charge in [0.2, 0.25) is 0 Å². The highest BCUT2D eigenvalue weighted by Gasteiger charge is 2.09. The van der Waals surface area contributed by atoms with Gasteiger partial charge in [-0.3, -0.25) is 0 Å². The third-order valence-corrected chi connectivity index (χ3v) is 4.83. The van der Waals surface area contributed by atoms with Crippen LogP contribution in [0.2, 0.25) is 5.02 Å². The molecule has 0 spiro atoms. The molecule has 1 N–H and O–H groups in total. The second-order valence-corrected chi connectivity index (χ2v) is 6.75. The number of rotatable bonds is 7. The summed E-state index contributed by atoms with van der Waals surface area (Å²) in [5, 5.41) is 6.96. The van der Waals surface area contributed by atoms with Crippen LogP contribution in [0.3, 0.4) is 0 Å². The Morgan fingerprint density at radius 3 is 2.75 bits per heavy atom. The molecule has 3 rings (SSSR count). The van der Waals surface area contributed by atoms with Crippen LogP contribution < -0.4 is 10.1 Å². The van der Waals surface area contributed by atoms with Crippen molar-refractivity contribution in [3.05, 3.63) is 69.5 Å². The van der Waals surface area contributed by atoms with E-state index in [9.17, 15) is 0 Å². The van der Waals surface area contributed by atoms with Crippen molar-refractivity contribution in [1.29, 1.82) is 0 Å². The van der Waals surface area contributed by atoms with Gasteiger partial charge in [-0.05, 0) is 30.8 Å². The number of hydrogen-bond donors (Lipinski definition) is 1. The highest BCUT2D eigenvalue weighted by molar-refractivity contribution is 7.09. The van der Waals surface area contributed by atoms with Crippen LogP contribution in [0, 0.1) is 0 Å². The highest BCUT2D eigenvalue weighted by Crippen LogP contribution is 2.32. The molecule has 124 valence electrons. The lowest BCUT2D eigenvalue weighted by atomic mass is 10.1. The van der Waals surface area contributed by atoms with Gasteiger partial charge in [-0.15, -0.1) is 11.3 Å². The van der Waals surface area contributed by atoms with E-state index in [2.05, 4.69) is 15.7 Å². The predicted molar refractivity (Wildman–Crippen MR) is 101 cm³/mol. The maximum atomic E-state index is 6.43. The predicted octanol–water partition coefficient (Wildman–Crippen LogP) is 4.80. The number of nitrogens with zero attached hydrogens (tertiary/aromatic N) is 1. The quantitative estimate of drug-likeness (QED) is 0.658. The fraction of sp³-hybridized carbons (Fsp3) is 0.211. The molecule has 0 amide bonds. The molecule has 1 heterocycles. The Bertz CT molecular complexity index is 789. The van der Waals surface area contributed by atoms with Gasteiger partial charge in [0.1, 0.15) is 12.4 Å². The molecule has 0 saturated heterocycles. The van der Waals surface area contributed by atoms with Crippen molar-refractivity contribution in [3.8, 4) is 17.0 Å². The molecule has 1 aromatic heterocycles. The molecule has 3 nitrogen and oxygen atoms in total. The van der Waals surface area contributed by atoms with Crippen molar-refractivity contribution >= 4 is 22.9 Å². The molecule has 0 aliphatic rings. The molecular formula is C19H19ClN2OS. The summed E-state index contributed by atoms with van der Waals surface area (Å²) in [5.74, 6) is 0.762. The molecule has 3 aromatic rings. The minimum absolute atomic E-state index is 0.529. The van der Waals surface area contributed by atoms with Crippen LogP contribution in [0.15, 0.2) is 53.9 Å². The van der Waals surface area contributed by atoms with E-state index < -0.39 is 0 Å². The van der Waals surface area contributed by atoms with Gasteiger partial charge >= 0.3 is 0 Å². The third-order valence-electron chi connectivity index (χ3n) is 3.61. The molecule has 24 heavy (non-hydrogen) atoms. The maximum absolute atomic E-state index is 6.43.